The highest BCUT2D eigenvalue weighted by Gasteiger charge is 2.89. The molecule has 104 valence electrons. The minimum Gasteiger partial charge on any atom is -0.394 e. The number of aliphatic hydroxyl groups excluding tert-OH is 2. The lowest BCUT2D eigenvalue weighted by Gasteiger charge is -2.20. The molecular weight excluding hydrogens is 283 g/mol. The Morgan fingerprint density at radius 3 is 2.74 bits per heavy atom. The van der Waals surface area contributed by atoms with Crippen LogP contribution in [0.15, 0.2) is 21.9 Å². The van der Waals surface area contributed by atoms with Crippen LogP contribution in [0, 0.1) is 0 Å². The molecule has 1 aliphatic carbocycles. The van der Waals surface area contributed by atoms with Crippen molar-refractivity contribution >= 4 is 11.6 Å². The van der Waals surface area contributed by atoms with Crippen molar-refractivity contribution in [1.29, 1.82) is 0 Å². The molecule has 19 heavy (non-hydrogen) atoms. The van der Waals surface area contributed by atoms with Gasteiger partial charge in [-0.2, -0.15) is 0 Å². The summed E-state index contributed by atoms with van der Waals surface area (Å²) in [6.07, 6.45) is -1.52. The fourth-order valence-electron chi connectivity index (χ4n) is 2.61. The van der Waals surface area contributed by atoms with Gasteiger partial charge in [-0.1, -0.05) is 0 Å². The number of aliphatic hydroxyl groups is 2. The van der Waals surface area contributed by atoms with Crippen LogP contribution in [0.3, 0.4) is 0 Å². The molecule has 0 amide bonds. The lowest BCUT2D eigenvalue weighted by atomic mass is 10.1. The summed E-state index contributed by atoms with van der Waals surface area (Å²) in [5, 5.41) is 18.8. The van der Waals surface area contributed by atoms with E-state index in [4.69, 9.17) is 21.4 Å². The van der Waals surface area contributed by atoms with Crippen LogP contribution in [0.2, 0.25) is 0 Å². The number of rotatable bonds is 2. The smallest absolute Gasteiger partial charge is 0.328 e. The van der Waals surface area contributed by atoms with Crippen LogP contribution < -0.4 is 11.2 Å². The highest BCUT2D eigenvalue weighted by molar-refractivity contribution is 6.28. The van der Waals surface area contributed by atoms with E-state index in [0.717, 1.165) is 16.8 Å². The number of halogens is 2. The molecule has 0 radical (unpaired) electrons. The van der Waals surface area contributed by atoms with Crippen LogP contribution in [0.25, 0.3) is 0 Å². The first-order valence-corrected chi connectivity index (χ1v) is 5.90. The van der Waals surface area contributed by atoms with Gasteiger partial charge in [-0.3, -0.25) is 14.3 Å². The first-order valence-electron chi connectivity index (χ1n) is 5.52. The summed E-state index contributed by atoms with van der Waals surface area (Å²) in [6.45, 7) is -0.589. The Morgan fingerprint density at radius 1 is 1.58 bits per heavy atom. The van der Waals surface area contributed by atoms with Gasteiger partial charge in [0, 0.05) is 12.3 Å². The maximum Gasteiger partial charge on any atom is 0.328 e. The van der Waals surface area contributed by atoms with Gasteiger partial charge in [-0.15, -0.1) is 11.6 Å². The Labute approximate surface area is 110 Å². The van der Waals surface area contributed by atoms with Crippen LogP contribution >= 0.6 is 11.6 Å². The average Bonchev–Trinajstić information content (AvgIpc) is 2.75. The van der Waals surface area contributed by atoms with E-state index in [2.05, 4.69) is 0 Å². The van der Waals surface area contributed by atoms with Crippen LogP contribution in [0.5, 0.6) is 0 Å². The number of aromatic nitrogens is 2. The first kappa shape index (κ1) is 12.8. The summed E-state index contributed by atoms with van der Waals surface area (Å²) in [7, 11) is 0. The number of fused-ring (bicyclic) bond motifs is 1. The van der Waals surface area contributed by atoms with Crippen molar-refractivity contribution in [2.24, 2.45) is 0 Å². The number of hydrogen-bond acceptors (Lipinski definition) is 5. The minimum atomic E-state index is -2.45. The zero-order valence-corrected chi connectivity index (χ0v) is 10.2. The number of nitrogens with zero attached hydrogens (tertiary/aromatic N) is 1. The zero-order chi connectivity index (χ0) is 14.0. The molecule has 3 N–H and O–H groups in total. The van der Waals surface area contributed by atoms with Crippen molar-refractivity contribution in [1.82, 2.24) is 9.55 Å². The lowest BCUT2D eigenvalue weighted by Crippen LogP contribution is -2.39. The molecule has 1 aliphatic heterocycles. The summed E-state index contributed by atoms with van der Waals surface area (Å²) in [4.78, 5) is 22.7. The second kappa shape index (κ2) is 3.66. The highest BCUT2D eigenvalue weighted by atomic mass is 35.5. The monoisotopic (exact) mass is 292 g/mol. The summed E-state index contributed by atoms with van der Waals surface area (Å²) < 4.78 is 20.3. The molecule has 2 aliphatic rings. The summed E-state index contributed by atoms with van der Waals surface area (Å²) in [6, 6.07) is -0.224. The second-order valence-electron chi connectivity index (χ2n) is 4.62. The van der Waals surface area contributed by atoms with E-state index < -0.39 is 46.8 Å². The largest absolute Gasteiger partial charge is 0.394 e. The summed E-state index contributed by atoms with van der Waals surface area (Å²) in [5.41, 5.74) is -1.47. The van der Waals surface area contributed by atoms with Gasteiger partial charge in [0.25, 0.3) is 11.4 Å². The molecule has 7 nitrogen and oxygen atoms in total. The lowest BCUT2D eigenvalue weighted by molar-refractivity contribution is -0.121. The fourth-order valence-corrected chi connectivity index (χ4v) is 3.09. The molecule has 2 fully saturated rings. The van der Waals surface area contributed by atoms with E-state index >= 15 is 0 Å². The van der Waals surface area contributed by atoms with Gasteiger partial charge in [-0.05, 0) is 0 Å². The third kappa shape index (κ3) is 1.37. The molecule has 1 saturated carbocycles. The number of aromatic amines is 1. The number of nitrogens with one attached hydrogen (secondary N) is 1. The topological polar surface area (TPSA) is 105 Å². The molecule has 5 unspecified atom stereocenters. The average molecular weight is 293 g/mol. The standard InChI is InChI=1S/C10H10ClFN2O5/c11-9-6(17)4(3-15)19-10(9,12)7(9)14-2-1-5(16)13-8(14)18/h1-2,4,6-7,15,17H,3H2,(H,13,16,18). The molecule has 0 bridgehead atoms. The predicted molar refractivity (Wildman–Crippen MR) is 60.7 cm³/mol. The van der Waals surface area contributed by atoms with Crippen LogP contribution in [0.1, 0.15) is 6.04 Å². The van der Waals surface area contributed by atoms with Crippen molar-refractivity contribution in [3.05, 3.63) is 33.1 Å². The van der Waals surface area contributed by atoms with Gasteiger partial charge >= 0.3 is 5.69 Å². The van der Waals surface area contributed by atoms with Crippen molar-refractivity contribution in [3.63, 3.8) is 0 Å². The van der Waals surface area contributed by atoms with E-state index in [1.165, 1.54) is 0 Å². The van der Waals surface area contributed by atoms with E-state index in [1.54, 1.807) is 0 Å². The molecule has 2 heterocycles. The van der Waals surface area contributed by atoms with Crippen molar-refractivity contribution in [2.75, 3.05) is 6.61 Å². The Bertz CT molecular complexity index is 647. The van der Waals surface area contributed by atoms with E-state index in [9.17, 15) is 19.1 Å². The van der Waals surface area contributed by atoms with Crippen LogP contribution in [-0.4, -0.2) is 49.3 Å². The van der Waals surface area contributed by atoms with Gasteiger partial charge in [-0.25, -0.2) is 9.18 Å². The number of alkyl halides is 2. The van der Waals surface area contributed by atoms with E-state index in [-0.39, 0.29) is 0 Å². The molecule has 3 rings (SSSR count). The van der Waals surface area contributed by atoms with Crippen LogP contribution in [-0.2, 0) is 4.74 Å². The van der Waals surface area contributed by atoms with Crippen molar-refractivity contribution < 1.29 is 19.3 Å². The predicted octanol–water partition coefficient (Wildman–Crippen LogP) is -1.51. The Hall–Kier alpha value is -1.22. The molecule has 0 spiro atoms. The van der Waals surface area contributed by atoms with Gasteiger partial charge in [0.1, 0.15) is 18.2 Å². The number of hydrogen-bond donors (Lipinski definition) is 3. The molecule has 1 saturated heterocycles. The normalized spacial score (nSPS) is 44.1. The third-order valence-corrected chi connectivity index (χ3v) is 4.29. The van der Waals surface area contributed by atoms with Gasteiger partial charge in [0.2, 0.25) is 0 Å². The summed E-state index contributed by atoms with van der Waals surface area (Å²) >= 11 is 6.01. The number of ether oxygens (including phenoxy) is 1. The van der Waals surface area contributed by atoms with Crippen LogP contribution in [0.4, 0.5) is 4.39 Å². The Kier molecular flexibility index (Phi) is 2.47. The molecule has 1 aromatic rings. The SMILES string of the molecule is O=c1ccn(C2C3(F)OC(CO)C(O)C23Cl)c(=O)[nH]1. The van der Waals surface area contributed by atoms with Gasteiger partial charge < -0.3 is 14.9 Å². The van der Waals surface area contributed by atoms with Crippen molar-refractivity contribution in [3.8, 4) is 0 Å². The molecule has 0 aromatic carbocycles. The molecule has 1 aromatic heterocycles. The maximum absolute atomic E-state index is 14.5. The number of H-pyrrole nitrogens is 1. The van der Waals surface area contributed by atoms with E-state index in [1.807, 2.05) is 4.98 Å². The Balaban J connectivity index is 2.03. The molecular formula is C10H10ClFN2O5. The van der Waals surface area contributed by atoms with Crippen molar-refractivity contribution in [2.45, 2.75) is 29.0 Å². The second-order valence-corrected chi connectivity index (χ2v) is 5.24. The van der Waals surface area contributed by atoms with Gasteiger partial charge in [0.05, 0.1) is 6.61 Å². The quantitative estimate of drug-likeness (QED) is 0.575. The molecule has 5 atom stereocenters. The summed E-state index contributed by atoms with van der Waals surface area (Å²) in [5.74, 6) is -2.45. The van der Waals surface area contributed by atoms with E-state index in [0.29, 0.717) is 0 Å². The fraction of sp³-hybridized carbons (Fsp3) is 0.600. The first-order chi connectivity index (χ1) is 8.86. The zero-order valence-electron chi connectivity index (χ0n) is 9.42. The third-order valence-electron chi connectivity index (χ3n) is 3.60. The highest BCUT2D eigenvalue weighted by Crippen LogP contribution is 2.71. The minimum absolute atomic E-state index is 0.589. The Morgan fingerprint density at radius 2 is 2.26 bits per heavy atom. The van der Waals surface area contributed by atoms with Gasteiger partial charge in [0.15, 0.2) is 4.87 Å². The maximum atomic E-state index is 14.5. The molecule has 9 heteroatoms.